The summed E-state index contributed by atoms with van der Waals surface area (Å²) in [6.45, 7) is 0. The molecule has 0 spiro atoms. The zero-order valence-corrected chi connectivity index (χ0v) is 6.05. The van der Waals surface area contributed by atoms with E-state index in [1.807, 2.05) is 6.07 Å². The average molecular weight is 163 g/mol. The summed E-state index contributed by atoms with van der Waals surface area (Å²) in [5, 5.41) is 0. The van der Waals surface area contributed by atoms with Crippen molar-refractivity contribution in [1.82, 2.24) is 0 Å². The smallest absolute Gasteiger partial charge is 0.316 e. The van der Waals surface area contributed by atoms with Crippen LogP contribution in [-0.4, -0.2) is 37.3 Å². The van der Waals surface area contributed by atoms with Crippen LogP contribution in [0.4, 0.5) is 0 Å². The highest BCUT2D eigenvalue weighted by atomic mass is 24.3. The molecule has 11 heavy (non-hydrogen) atoms. The lowest BCUT2D eigenvalue weighted by Crippen LogP contribution is -1.84. The Kier molecular flexibility index (Phi) is 5.07. The van der Waals surface area contributed by atoms with Gasteiger partial charge in [-0.25, -0.2) is 0 Å². The van der Waals surface area contributed by atoms with Crippen LogP contribution in [0.1, 0.15) is 0 Å². The molecule has 1 aromatic carbocycles. The molecule has 0 atom stereocenters. The second-order valence-corrected chi connectivity index (χ2v) is 1.80. The zero-order chi connectivity index (χ0) is 7.40. The summed E-state index contributed by atoms with van der Waals surface area (Å²) in [5.74, 6) is 1.52. The molecule has 0 aliphatic carbocycles. The van der Waals surface area contributed by atoms with E-state index in [1.165, 1.54) is 0 Å². The molecule has 0 saturated heterocycles. The Bertz CT molecular complexity index is 173. The molecule has 3 heteroatoms. The van der Waals surface area contributed by atoms with Crippen molar-refractivity contribution in [2.24, 2.45) is 0 Å². The normalized spacial score (nSPS) is 8.18. The van der Waals surface area contributed by atoms with Gasteiger partial charge in [-0.05, 0) is 18.2 Å². The standard InChI is InChI=1S/C8H9O2.Mg.2H/c1-9-7-3-5-8(10-2)6-4-7;;;/h3-5H,1-2H3;;;. The molecule has 0 aliphatic rings. The first-order valence-electron chi connectivity index (χ1n) is 2.96. The van der Waals surface area contributed by atoms with Gasteiger partial charge in [0.15, 0.2) is 0 Å². The molecule has 0 saturated carbocycles. The predicted octanol–water partition coefficient (Wildman–Crippen LogP) is 0.588. The SMILES string of the molecule is COc1[c]cc(OC)cc1.[MgH2]. The summed E-state index contributed by atoms with van der Waals surface area (Å²) in [7, 11) is 3.23. The fourth-order valence-corrected chi connectivity index (χ4v) is 0.650. The maximum absolute atomic E-state index is 4.93. The van der Waals surface area contributed by atoms with Crippen molar-refractivity contribution >= 4 is 23.1 Å². The van der Waals surface area contributed by atoms with E-state index in [0.29, 0.717) is 0 Å². The second-order valence-electron chi connectivity index (χ2n) is 1.80. The number of hydrogen-bond donors (Lipinski definition) is 0. The van der Waals surface area contributed by atoms with E-state index in [1.54, 1.807) is 26.4 Å². The van der Waals surface area contributed by atoms with Crippen molar-refractivity contribution in [2.45, 2.75) is 0 Å². The summed E-state index contributed by atoms with van der Waals surface area (Å²) in [4.78, 5) is 0. The molecule has 0 amide bonds. The van der Waals surface area contributed by atoms with Gasteiger partial charge in [0.1, 0.15) is 11.5 Å². The first-order valence-corrected chi connectivity index (χ1v) is 2.96. The summed E-state index contributed by atoms with van der Waals surface area (Å²) in [6, 6.07) is 8.26. The van der Waals surface area contributed by atoms with Gasteiger partial charge < -0.3 is 9.47 Å². The highest BCUT2D eigenvalue weighted by molar-refractivity contribution is 5.75. The van der Waals surface area contributed by atoms with Crippen LogP contribution in [0.3, 0.4) is 0 Å². The average Bonchev–Trinajstić information content (AvgIpc) is 2.05. The van der Waals surface area contributed by atoms with Crippen molar-refractivity contribution in [3.63, 3.8) is 0 Å². The van der Waals surface area contributed by atoms with Crippen molar-refractivity contribution < 1.29 is 9.47 Å². The van der Waals surface area contributed by atoms with Crippen molar-refractivity contribution in [2.75, 3.05) is 14.2 Å². The minimum atomic E-state index is 0. The Morgan fingerprint density at radius 1 is 1.18 bits per heavy atom. The molecule has 57 valence electrons. The first kappa shape index (κ1) is 10.6. The first-order chi connectivity index (χ1) is 4.86. The summed E-state index contributed by atoms with van der Waals surface area (Å²) in [5.41, 5.74) is 0. The van der Waals surface area contributed by atoms with Crippen LogP contribution in [0.2, 0.25) is 0 Å². The van der Waals surface area contributed by atoms with E-state index in [4.69, 9.17) is 9.47 Å². The lowest BCUT2D eigenvalue weighted by atomic mass is 10.3. The highest BCUT2D eigenvalue weighted by Gasteiger charge is 1.90. The largest absolute Gasteiger partial charge is 0.497 e. The van der Waals surface area contributed by atoms with Gasteiger partial charge in [0.2, 0.25) is 0 Å². The third-order valence-corrected chi connectivity index (χ3v) is 1.21. The van der Waals surface area contributed by atoms with Gasteiger partial charge in [-0.3, -0.25) is 0 Å². The van der Waals surface area contributed by atoms with Crippen molar-refractivity contribution in [3.05, 3.63) is 24.3 Å². The minimum absolute atomic E-state index is 0. The molecule has 2 nitrogen and oxygen atoms in total. The molecule has 1 radical (unpaired) electrons. The summed E-state index contributed by atoms with van der Waals surface area (Å²) in [6.07, 6.45) is 0. The summed E-state index contributed by atoms with van der Waals surface area (Å²) >= 11 is 0. The number of benzene rings is 1. The molecular formula is C8H11MgO2. The monoisotopic (exact) mass is 163 g/mol. The molecule has 0 unspecified atom stereocenters. The molecule has 1 aromatic rings. The van der Waals surface area contributed by atoms with Gasteiger partial charge in [0, 0.05) is 6.07 Å². The Morgan fingerprint density at radius 2 is 1.91 bits per heavy atom. The van der Waals surface area contributed by atoms with Crippen LogP contribution < -0.4 is 9.47 Å². The zero-order valence-electron chi connectivity index (χ0n) is 6.05. The van der Waals surface area contributed by atoms with Crippen LogP contribution in [0, 0.1) is 6.07 Å². The second kappa shape index (κ2) is 5.26. The van der Waals surface area contributed by atoms with E-state index in [9.17, 15) is 0 Å². The Morgan fingerprint density at radius 3 is 2.27 bits per heavy atom. The molecule has 0 aromatic heterocycles. The van der Waals surface area contributed by atoms with E-state index in [-0.39, 0.29) is 23.1 Å². The lowest BCUT2D eigenvalue weighted by molar-refractivity contribution is 0.402. The Balaban J connectivity index is 0.000001000. The third kappa shape index (κ3) is 2.99. The van der Waals surface area contributed by atoms with Gasteiger partial charge in [0.25, 0.3) is 0 Å². The number of rotatable bonds is 2. The van der Waals surface area contributed by atoms with Gasteiger partial charge in [-0.1, -0.05) is 0 Å². The van der Waals surface area contributed by atoms with Crippen LogP contribution in [-0.2, 0) is 0 Å². The molecule has 0 heterocycles. The maximum Gasteiger partial charge on any atom is 0.316 e. The molecule has 0 N–H and O–H groups in total. The van der Waals surface area contributed by atoms with Gasteiger partial charge >= 0.3 is 23.1 Å². The van der Waals surface area contributed by atoms with Crippen LogP contribution >= 0.6 is 0 Å². The third-order valence-electron chi connectivity index (χ3n) is 1.21. The molecule has 1 rings (SSSR count). The van der Waals surface area contributed by atoms with Gasteiger partial charge in [0.05, 0.1) is 14.2 Å². The number of hydrogen-bond acceptors (Lipinski definition) is 2. The maximum atomic E-state index is 4.93. The van der Waals surface area contributed by atoms with Gasteiger partial charge in [-0.2, -0.15) is 0 Å². The van der Waals surface area contributed by atoms with Crippen LogP contribution in [0.5, 0.6) is 11.5 Å². The lowest BCUT2D eigenvalue weighted by Gasteiger charge is -1.99. The fraction of sp³-hybridized carbons (Fsp3) is 0.250. The highest BCUT2D eigenvalue weighted by Crippen LogP contribution is 2.14. The molecule has 0 aliphatic heterocycles. The summed E-state index contributed by atoms with van der Waals surface area (Å²) < 4.78 is 9.83. The van der Waals surface area contributed by atoms with E-state index in [0.717, 1.165) is 11.5 Å². The van der Waals surface area contributed by atoms with Crippen LogP contribution in [0.15, 0.2) is 18.2 Å². The van der Waals surface area contributed by atoms with E-state index >= 15 is 0 Å². The predicted molar refractivity (Wildman–Crippen MR) is 46.9 cm³/mol. The minimum Gasteiger partial charge on any atom is -0.497 e. The molecule has 0 fully saturated rings. The Labute approximate surface area is 82.7 Å². The number of methoxy groups -OCH3 is 2. The van der Waals surface area contributed by atoms with E-state index in [2.05, 4.69) is 6.07 Å². The van der Waals surface area contributed by atoms with Crippen molar-refractivity contribution in [1.29, 1.82) is 0 Å². The quantitative estimate of drug-likeness (QED) is 0.594. The number of ether oxygens (including phenoxy) is 2. The van der Waals surface area contributed by atoms with Crippen LogP contribution in [0.25, 0.3) is 0 Å². The molecular weight excluding hydrogens is 152 g/mol. The topological polar surface area (TPSA) is 18.5 Å². The molecule has 0 bridgehead atoms. The fourth-order valence-electron chi connectivity index (χ4n) is 0.650. The van der Waals surface area contributed by atoms with E-state index < -0.39 is 0 Å². The van der Waals surface area contributed by atoms with Gasteiger partial charge in [-0.15, -0.1) is 0 Å². The Hall–Kier alpha value is -0.414. The van der Waals surface area contributed by atoms with Crippen molar-refractivity contribution in [3.8, 4) is 11.5 Å².